The zero-order valence-corrected chi connectivity index (χ0v) is 13.0. The number of carbonyl (C=O) groups excluding carboxylic acids is 1. The highest BCUT2D eigenvalue weighted by molar-refractivity contribution is 7.99. The maximum Gasteiger partial charge on any atom is 0.221 e. The topological polar surface area (TPSA) is 55.1 Å². The van der Waals surface area contributed by atoms with Crippen LogP contribution in [0.3, 0.4) is 0 Å². The van der Waals surface area contributed by atoms with Gasteiger partial charge in [-0.15, -0.1) is 0 Å². The van der Waals surface area contributed by atoms with Gasteiger partial charge in [0.05, 0.1) is 0 Å². The summed E-state index contributed by atoms with van der Waals surface area (Å²) in [6.45, 7) is 0. The number of nitrogens with two attached hydrogens (primary N) is 1. The predicted octanol–water partition coefficient (Wildman–Crippen LogP) is 2.66. The van der Waals surface area contributed by atoms with Gasteiger partial charge < -0.3 is 11.1 Å². The summed E-state index contributed by atoms with van der Waals surface area (Å²) in [4.78, 5) is 12.5. The van der Waals surface area contributed by atoms with Crippen molar-refractivity contribution >= 4 is 34.9 Å². The fourth-order valence-corrected chi connectivity index (χ4v) is 3.80. The number of rotatable bonds is 5. The van der Waals surface area contributed by atoms with E-state index >= 15 is 0 Å². The van der Waals surface area contributed by atoms with Crippen LogP contribution in [0.25, 0.3) is 0 Å². The number of hydrogen-bond acceptors (Lipinski definition) is 3. The number of thioether (sulfide) groups is 1. The Morgan fingerprint density at radius 2 is 2.00 bits per heavy atom. The van der Waals surface area contributed by atoms with Crippen LogP contribution in [-0.4, -0.2) is 22.4 Å². The Bertz CT molecular complexity index is 458. The molecule has 1 atom stereocenters. The van der Waals surface area contributed by atoms with Gasteiger partial charge in [-0.05, 0) is 35.8 Å². The van der Waals surface area contributed by atoms with Crippen LogP contribution >= 0.6 is 24.0 Å². The molecule has 3 N–H and O–H groups in total. The second kappa shape index (κ2) is 7.64. The van der Waals surface area contributed by atoms with Crippen LogP contribution in [0.5, 0.6) is 0 Å². The van der Waals surface area contributed by atoms with Crippen molar-refractivity contribution in [2.24, 2.45) is 11.7 Å². The number of thiocarbonyl (C=S) groups is 1. The highest BCUT2D eigenvalue weighted by Gasteiger charge is 2.21. The van der Waals surface area contributed by atoms with E-state index in [1.165, 1.54) is 0 Å². The number of amides is 1. The highest BCUT2D eigenvalue weighted by Crippen LogP contribution is 2.25. The molecule has 1 aliphatic heterocycles. The van der Waals surface area contributed by atoms with Crippen molar-refractivity contribution in [2.45, 2.75) is 25.3 Å². The van der Waals surface area contributed by atoms with Gasteiger partial charge in [-0.2, -0.15) is 11.8 Å². The van der Waals surface area contributed by atoms with Gasteiger partial charge in [0.1, 0.15) is 11.0 Å². The van der Waals surface area contributed by atoms with Gasteiger partial charge in [0.15, 0.2) is 0 Å². The van der Waals surface area contributed by atoms with Crippen molar-refractivity contribution in [3.63, 3.8) is 0 Å². The molecule has 0 spiro atoms. The van der Waals surface area contributed by atoms with E-state index in [0.29, 0.717) is 17.3 Å². The van der Waals surface area contributed by atoms with Crippen LogP contribution in [0.15, 0.2) is 30.3 Å². The lowest BCUT2D eigenvalue weighted by Gasteiger charge is -2.23. The van der Waals surface area contributed by atoms with E-state index in [2.05, 4.69) is 5.32 Å². The molecule has 1 unspecified atom stereocenters. The summed E-state index contributed by atoms with van der Waals surface area (Å²) in [6.07, 6.45) is 2.83. The molecule has 0 radical (unpaired) electrons. The average Bonchev–Trinajstić information content (AvgIpc) is 2.46. The van der Waals surface area contributed by atoms with Crippen molar-refractivity contribution in [3.05, 3.63) is 35.9 Å². The van der Waals surface area contributed by atoms with Crippen molar-refractivity contribution in [2.75, 3.05) is 11.5 Å². The van der Waals surface area contributed by atoms with E-state index in [1.54, 1.807) is 0 Å². The maximum absolute atomic E-state index is 12.2. The van der Waals surface area contributed by atoms with Crippen LogP contribution < -0.4 is 11.1 Å². The third-order valence-corrected chi connectivity index (χ3v) is 4.82. The first-order chi connectivity index (χ1) is 9.66. The van der Waals surface area contributed by atoms with Gasteiger partial charge in [0, 0.05) is 6.42 Å². The van der Waals surface area contributed by atoms with E-state index < -0.39 is 0 Å². The number of benzene rings is 1. The Balaban J connectivity index is 1.94. The van der Waals surface area contributed by atoms with Gasteiger partial charge in [0.2, 0.25) is 5.91 Å². The first kappa shape index (κ1) is 15.3. The molecule has 0 saturated carbocycles. The molecule has 1 aromatic carbocycles. The van der Waals surface area contributed by atoms with Crippen LogP contribution in [0.1, 0.15) is 30.9 Å². The van der Waals surface area contributed by atoms with Crippen molar-refractivity contribution < 1.29 is 4.79 Å². The van der Waals surface area contributed by atoms with Crippen LogP contribution in [0, 0.1) is 5.92 Å². The molecule has 1 saturated heterocycles. The molecular formula is C15H20N2OS2. The molecule has 108 valence electrons. The molecule has 1 aliphatic rings. The molecule has 0 aromatic heterocycles. The van der Waals surface area contributed by atoms with Gasteiger partial charge in [-0.3, -0.25) is 4.79 Å². The fourth-order valence-electron chi connectivity index (χ4n) is 2.40. The first-order valence-corrected chi connectivity index (χ1v) is 8.44. The van der Waals surface area contributed by atoms with Crippen LogP contribution in [0.2, 0.25) is 0 Å². The lowest BCUT2D eigenvalue weighted by molar-refractivity contribution is -0.122. The molecule has 1 heterocycles. The molecule has 0 aliphatic carbocycles. The van der Waals surface area contributed by atoms with E-state index in [0.717, 1.165) is 29.9 Å². The first-order valence-electron chi connectivity index (χ1n) is 6.88. The molecule has 2 rings (SSSR count). The predicted molar refractivity (Wildman–Crippen MR) is 88.8 cm³/mol. The third kappa shape index (κ3) is 4.49. The summed E-state index contributed by atoms with van der Waals surface area (Å²) in [5.41, 5.74) is 6.70. The van der Waals surface area contributed by atoms with Crippen LogP contribution in [0.4, 0.5) is 0 Å². The summed E-state index contributed by atoms with van der Waals surface area (Å²) in [7, 11) is 0. The Hall–Kier alpha value is -1.07. The summed E-state index contributed by atoms with van der Waals surface area (Å²) < 4.78 is 0. The van der Waals surface area contributed by atoms with Gasteiger partial charge in [-0.1, -0.05) is 42.5 Å². The zero-order chi connectivity index (χ0) is 14.4. The minimum atomic E-state index is -0.364. The van der Waals surface area contributed by atoms with Gasteiger partial charge in [-0.25, -0.2) is 0 Å². The SMILES string of the molecule is NC(=S)C(NC(=O)CC1CCSCC1)c1ccccc1. The molecule has 0 bridgehead atoms. The van der Waals surface area contributed by atoms with Crippen LogP contribution in [-0.2, 0) is 4.79 Å². The summed E-state index contributed by atoms with van der Waals surface area (Å²) in [5, 5.41) is 2.97. The molecule has 1 amide bonds. The average molecular weight is 308 g/mol. The minimum absolute atomic E-state index is 0.0450. The Morgan fingerprint density at radius 3 is 2.60 bits per heavy atom. The fraction of sp³-hybridized carbons (Fsp3) is 0.467. The maximum atomic E-state index is 12.2. The minimum Gasteiger partial charge on any atom is -0.391 e. The molecule has 1 aromatic rings. The number of carbonyl (C=O) groups is 1. The third-order valence-electron chi connectivity index (χ3n) is 3.54. The lowest BCUT2D eigenvalue weighted by Crippen LogP contribution is -2.37. The van der Waals surface area contributed by atoms with Crippen molar-refractivity contribution in [1.29, 1.82) is 0 Å². The molecule has 5 heteroatoms. The van der Waals surface area contributed by atoms with E-state index in [9.17, 15) is 4.79 Å². The molecule has 20 heavy (non-hydrogen) atoms. The summed E-state index contributed by atoms with van der Waals surface area (Å²) in [6, 6.07) is 9.28. The quantitative estimate of drug-likeness (QED) is 0.821. The number of hydrogen-bond donors (Lipinski definition) is 2. The highest BCUT2D eigenvalue weighted by atomic mass is 32.2. The Labute approximate surface area is 129 Å². The van der Waals surface area contributed by atoms with Crippen molar-refractivity contribution in [1.82, 2.24) is 5.32 Å². The smallest absolute Gasteiger partial charge is 0.221 e. The second-order valence-corrected chi connectivity index (χ2v) is 6.77. The van der Waals surface area contributed by atoms with E-state index in [1.807, 2.05) is 42.1 Å². The van der Waals surface area contributed by atoms with E-state index in [4.69, 9.17) is 18.0 Å². The summed E-state index contributed by atoms with van der Waals surface area (Å²) >= 11 is 7.05. The molecule has 1 fully saturated rings. The van der Waals surface area contributed by atoms with Gasteiger partial charge >= 0.3 is 0 Å². The van der Waals surface area contributed by atoms with Crippen molar-refractivity contribution in [3.8, 4) is 0 Å². The molecule has 3 nitrogen and oxygen atoms in total. The lowest BCUT2D eigenvalue weighted by atomic mass is 9.98. The monoisotopic (exact) mass is 308 g/mol. The number of nitrogens with one attached hydrogen (secondary N) is 1. The standard InChI is InChI=1S/C15H20N2OS2/c16-15(19)14(12-4-2-1-3-5-12)17-13(18)10-11-6-8-20-9-7-11/h1-5,11,14H,6-10H2,(H2,16,19)(H,17,18). The zero-order valence-electron chi connectivity index (χ0n) is 11.4. The summed E-state index contributed by atoms with van der Waals surface area (Å²) in [5.74, 6) is 2.87. The normalized spacial score (nSPS) is 17.4. The van der Waals surface area contributed by atoms with E-state index in [-0.39, 0.29) is 11.9 Å². The largest absolute Gasteiger partial charge is 0.391 e. The Kier molecular flexibility index (Phi) is 5.86. The Morgan fingerprint density at radius 1 is 1.35 bits per heavy atom. The molecular weight excluding hydrogens is 288 g/mol. The second-order valence-electron chi connectivity index (χ2n) is 5.07. The van der Waals surface area contributed by atoms with Gasteiger partial charge in [0.25, 0.3) is 0 Å².